The van der Waals surface area contributed by atoms with Gasteiger partial charge in [0.2, 0.25) is 5.91 Å². The fourth-order valence-electron chi connectivity index (χ4n) is 3.54. The van der Waals surface area contributed by atoms with E-state index in [4.69, 9.17) is 9.26 Å². The van der Waals surface area contributed by atoms with E-state index in [1.165, 1.54) is 0 Å². The lowest BCUT2D eigenvalue weighted by Crippen LogP contribution is -2.46. The Morgan fingerprint density at radius 1 is 1.44 bits per heavy atom. The third-order valence-electron chi connectivity index (χ3n) is 4.66. The highest BCUT2D eigenvalue weighted by atomic mass is 32.2. The Balaban J connectivity index is 1.53. The molecule has 0 radical (unpaired) electrons. The normalized spacial score (nSPS) is 25.2. The molecule has 0 spiro atoms. The van der Waals surface area contributed by atoms with E-state index in [0.717, 1.165) is 5.56 Å². The lowest BCUT2D eigenvalue weighted by Gasteiger charge is -2.33. The zero-order valence-electron chi connectivity index (χ0n) is 13.8. The van der Waals surface area contributed by atoms with E-state index in [9.17, 15) is 9.59 Å². The first kappa shape index (κ1) is 16.2. The average molecular weight is 358 g/mol. The molecule has 2 fully saturated rings. The van der Waals surface area contributed by atoms with E-state index < -0.39 is 10.9 Å². The third-order valence-corrected chi connectivity index (χ3v) is 6.26. The molecule has 6 nitrogen and oxygen atoms in total. The maximum atomic E-state index is 12.6. The largest absolute Gasteiger partial charge is 0.457 e. The van der Waals surface area contributed by atoms with Crippen LogP contribution in [0.3, 0.4) is 0 Å². The average Bonchev–Trinajstić information content (AvgIpc) is 3.30. The molecule has 130 valence electrons. The number of thioether (sulfide) groups is 1. The molecule has 0 saturated carbocycles. The summed E-state index contributed by atoms with van der Waals surface area (Å²) in [4.78, 5) is 26.4. The van der Waals surface area contributed by atoms with E-state index in [0.29, 0.717) is 30.0 Å². The van der Waals surface area contributed by atoms with E-state index in [1.54, 1.807) is 29.7 Å². The lowest BCUT2D eigenvalue weighted by atomic mass is 10.0. The van der Waals surface area contributed by atoms with E-state index >= 15 is 0 Å². The van der Waals surface area contributed by atoms with Crippen LogP contribution >= 0.6 is 11.8 Å². The Hall–Kier alpha value is -2.28. The van der Waals surface area contributed by atoms with Crippen LogP contribution in [0, 0.1) is 6.92 Å². The summed E-state index contributed by atoms with van der Waals surface area (Å²) in [6.07, 6.45) is 1.17. The first-order chi connectivity index (χ1) is 12.1. The smallest absolute Gasteiger partial charge is 0.330 e. The van der Waals surface area contributed by atoms with Crippen LogP contribution in [0.2, 0.25) is 0 Å². The van der Waals surface area contributed by atoms with E-state index in [1.807, 2.05) is 30.3 Å². The van der Waals surface area contributed by atoms with Crippen molar-refractivity contribution in [1.29, 1.82) is 0 Å². The van der Waals surface area contributed by atoms with Crippen LogP contribution in [-0.4, -0.2) is 33.7 Å². The van der Waals surface area contributed by atoms with Gasteiger partial charge in [-0.15, -0.1) is 11.8 Å². The van der Waals surface area contributed by atoms with Crippen molar-refractivity contribution >= 4 is 23.6 Å². The Morgan fingerprint density at radius 2 is 2.24 bits per heavy atom. The quantitative estimate of drug-likeness (QED) is 0.783. The van der Waals surface area contributed by atoms with Crippen molar-refractivity contribution in [3.05, 3.63) is 53.4 Å². The predicted molar refractivity (Wildman–Crippen MR) is 91.5 cm³/mol. The molecule has 7 heteroatoms. The fourth-order valence-corrected chi connectivity index (χ4v) is 5.18. The van der Waals surface area contributed by atoms with Crippen LogP contribution in [0.25, 0.3) is 0 Å². The molecule has 2 aliphatic rings. The number of carbonyl (C=O) groups excluding carboxylic acids is 2. The predicted octanol–water partition coefficient (Wildman–Crippen LogP) is 2.62. The molecular weight excluding hydrogens is 340 g/mol. The number of hydrogen-bond acceptors (Lipinski definition) is 6. The number of hydrogen-bond donors (Lipinski definition) is 0. The van der Waals surface area contributed by atoms with Crippen LogP contribution in [-0.2, 0) is 25.8 Å². The second kappa shape index (κ2) is 6.22. The third kappa shape index (κ3) is 2.72. The first-order valence-electron chi connectivity index (χ1n) is 8.21. The van der Waals surface area contributed by atoms with Crippen molar-refractivity contribution < 1.29 is 18.8 Å². The van der Waals surface area contributed by atoms with Gasteiger partial charge in [-0.1, -0.05) is 35.5 Å². The molecule has 4 rings (SSSR count). The second-order valence-corrected chi connectivity index (χ2v) is 7.57. The summed E-state index contributed by atoms with van der Waals surface area (Å²) >= 11 is 1.65. The number of rotatable bonds is 4. The summed E-state index contributed by atoms with van der Waals surface area (Å²) in [6, 6.07) is 11.1. The van der Waals surface area contributed by atoms with Crippen molar-refractivity contribution in [2.75, 3.05) is 5.75 Å². The summed E-state index contributed by atoms with van der Waals surface area (Å²) in [5, 5.41) is 3.82. The first-order valence-corrected chi connectivity index (χ1v) is 9.19. The minimum absolute atomic E-state index is 0.00748. The van der Waals surface area contributed by atoms with Crippen molar-refractivity contribution in [3.8, 4) is 0 Å². The number of amides is 1. The number of esters is 1. The van der Waals surface area contributed by atoms with Gasteiger partial charge in [0.1, 0.15) is 29.0 Å². The minimum Gasteiger partial charge on any atom is -0.457 e. The summed E-state index contributed by atoms with van der Waals surface area (Å²) in [7, 11) is 0. The molecule has 0 unspecified atom stereocenters. The molecule has 2 aliphatic heterocycles. The molecule has 0 bridgehead atoms. The maximum absolute atomic E-state index is 12.6. The van der Waals surface area contributed by atoms with Gasteiger partial charge in [-0.2, -0.15) is 0 Å². The number of benzene rings is 1. The highest BCUT2D eigenvalue weighted by Crippen LogP contribution is 2.54. The topological polar surface area (TPSA) is 72.6 Å². The molecule has 1 aromatic carbocycles. The minimum atomic E-state index is -0.562. The lowest BCUT2D eigenvalue weighted by molar-refractivity contribution is -0.155. The number of aromatic nitrogens is 1. The highest BCUT2D eigenvalue weighted by molar-refractivity contribution is 8.00. The zero-order valence-corrected chi connectivity index (χ0v) is 14.6. The van der Waals surface area contributed by atoms with Crippen molar-refractivity contribution in [1.82, 2.24) is 10.1 Å². The Labute approximate surface area is 149 Å². The molecule has 2 aromatic rings. The molecule has 25 heavy (non-hydrogen) atoms. The number of carbonyl (C=O) groups is 2. The molecule has 2 saturated heterocycles. The van der Waals surface area contributed by atoms with Gasteiger partial charge < -0.3 is 14.2 Å². The number of nitrogens with zero attached hydrogens (tertiary/aromatic N) is 2. The SMILES string of the molecule is Cc1cc(COC(=O)[C@H]2CS[C@@]3(c4ccccc4)CCC(=O)N23)no1. The van der Waals surface area contributed by atoms with Crippen LogP contribution in [0.4, 0.5) is 0 Å². The van der Waals surface area contributed by atoms with E-state index in [-0.39, 0.29) is 18.5 Å². The zero-order chi connectivity index (χ0) is 17.4. The van der Waals surface area contributed by atoms with Gasteiger partial charge in [-0.3, -0.25) is 4.79 Å². The van der Waals surface area contributed by atoms with Gasteiger partial charge in [0.05, 0.1) is 0 Å². The fraction of sp³-hybridized carbons (Fsp3) is 0.389. The van der Waals surface area contributed by atoms with Crippen molar-refractivity contribution in [2.45, 2.75) is 37.3 Å². The monoisotopic (exact) mass is 358 g/mol. The van der Waals surface area contributed by atoms with Gasteiger partial charge in [0, 0.05) is 18.2 Å². The molecule has 1 amide bonds. The summed E-state index contributed by atoms with van der Waals surface area (Å²) in [6.45, 7) is 1.83. The van der Waals surface area contributed by atoms with Crippen LogP contribution in [0.1, 0.15) is 29.9 Å². The molecule has 0 N–H and O–H groups in total. The highest BCUT2D eigenvalue weighted by Gasteiger charge is 2.57. The van der Waals surface area contributed by atoms with Crippen molar-refractivity contribution in [3.63, 3.8) is 0 Å². The van der Waals surface area contributed by atoms with Crippen LogP contribution in [0.5, 0.6) is 0 Å². The van der Waals surface area contributed by atoms with Gasteiger partial charge in [0.15, 0.2) is 0 Å². The molecule has 3 heterocycles. The van der Waals surface area contributed by atoms with Gasteiger partial charge in [0.25, 0.3) is 0 Å². The Bertz CT molecular complexity index is 806. The number of aryl methyl sites for hydroxylation is 1. The summed E-state index contributed by atoms with van der Waals surface area (Å²) in [5.74, 6) is 0.826. The number of ether oxygens (including phenoxy) is 1. The van der Waals surface area contributed by atoms with Crippen LogP contribution in [0.15, 0.2) is 40.9 Å². The van der Waals surface area contributed by atoms with Gasteiger partial charge in [-0.25, -0.2) is 4.79 Å². The summed E-state index contributed by atoms with van der Waals surface area (Å²) in [5.41, 5.74) is 1.63. The van der Waals surface area contributed by atoms with E-state index in [2.05, 4.69) is 5.16 Å². The molecule has 2 atom stereocenters. The maximum Gasteiger partial charge on any atom is 0.330 e. The second-order valence-electron chi connectivity index (χ2n) is 6.28. The Kier molecular flexibility index (Phi) is 4.03. The van der Waals surface area contributed by atoms with Crippen molar-refractivity contribution in [2.24, 2.45) is 0 Å². The number of fused-ring (bicyclic) bond motifs is 1. The molecule has 0 aliphatic carbocycles. The standard InChI is InChI=1S/C18H18N2O4S/c1-12-9-14(19-24-12)10-23-17(22)15-11-25-18(8-7-16(21)20(15)18)13-5-3-2-4-6-13/h2-6,9,15H,7-8,10-11H2,1H3/t15-,18-/m1/s1. The Morgan fingerprint density at radius 3 is 2.96 bits per heavy atom. The summed E-state index contributed by atoms with van der Waals surface area (Å²) < 4.78 is 10.4. The van der Waals surface area contributed by atoms with Gasteiger partial charge in [-0.05, 0) is 18.9 Å². The van der Waals surface area contributed by atoms with Gasteiger partial charge >= 0.3 is 5.97 Å². The molecule has 1 aromatic heterocycles. The molecular formula is C18H18N2O4S. The van der Waals surface area contributed by atoms with Crippen LogP contribution < -0.4 is 0 Å².